The molecule has 0 spiro atoms. The van der Waals surface area contributed by atoms with Crippen molar-refractivity contribution >= 4 is 15.9 Å². The van der Waals surface area contributed by atoms with E-state index in [0.717, 1.165) is 25.2 Å². The Morgan fingerprint density at radius 3 is 2.54 bits per heavy atom. The number of likely N-dealkylation sites (tertiary alicyclic amines) is 1. The largest absolute Gasteiger partial charge is 0.380 e. The third-order valence-electron chi connectivity index (χ3n) is 3.29. The van der Waals surface area contributed by atoms with E-state index in [1.165, 1.54) is 37.7 Å². The first-order valence-corrected chi connectivity index (χ1v) is 6.40. The summed E-state index contributed by atoms with van der Waals surface area (Å²) in [6.45, 7) is 4.51. The van der Waals surface area contributed by atoms with Gasteiger partial charge in [-0.25, -0.2) is 0 Å². The molecule has 0 bridgehead atoms. The molecule has 0 saturated carbocycles. The van der Waals surface area contributed by atoms with Crippen molar-refractivity contribution in [3.63, 3.8) is 0 Å². The molecule has 2 nitrogen and oxygen atoms in total. The van der Waals surface area contributed by atoms with Crippen molar-refractivity contribution in [2.45, 2.75) is 25.3 Å². The van der Waals surface area contributed by atoms with E-state index in [2.05, 4.69) is 20.8 Å². The highest BCUT2D eigenvalue weighted by Crippen LogP contribution is 2.23. The van der Waals surface area contributed by atoms with Crippen LogP contribution < -0.4 is 0 Å². The Hall–Kier alpha value is 0.400. The molecule has 2 fully saturated rings. The molecule has 0 aromatic rings. The van der Waals surface area contributed by atoms with E-state index in [1.807, 2.05) is 0 Å². The van der Waals surface area contributed by atoms with Crippen molar-refractivity contribution in [1.82, 2.24) is 4.90 Å². The second-order valence-corrected chi connectivity index (χ2v) is 4.80. The summed E-state index contributed by atoms with van der Waals surface area (Å²) in [6.07, 6.45) is 3.97. The molecular weight excluding hydrogens is 230 g/mol. The zero-order chi connectivity index (χ0) is 9.10. The molecule has 13 heavy (non-hydrogen) atoms. The normalized spacial score (nSPS) is 32.5. The number of piperidine rings is 1. The SMILES string of the molecule is BrCC1CCN(C2CCOC2)CC1. The van der Waals surface area contributed by atoms with Crippen LogP contribution in [0.15, 0.2) is 0 Å². The Morgan fingerprint density at radius 2 is 2.00 bits per heavy atom. The number of rotatable bonds is 2. The van der Waals surface area contributed by atoms with Gasteiger partial charge in [-0.2, -0.15) is 0 Å². The molecule has 2 saturated heterocycles. The van der Waals surface area contributed by atoms with Crippen LogP contribution in [0.5, 0.6) is 0 Å². The van der Waals surface area contributed by atoms with Gasteiger partial charge in [-0.1, -0.05) is 15.9 Å². The fraction of sp³-hybridized carbons (Fsp3) is 1.00. The van der Waals surface area contributed by atoms with Gasteiger partial charge in [-0.3, -0.25) is 4.90 Å². The lowest BCUT2D eigenvalue weighted by atomic mass is 9.98. The van der Waals surface area contributed by atoms with E-state index in [9.17, 15) is 0 Å². The summed E-state index contributed by atoms with van der Waals surface area (Å²) in [5, 5.41) is 1.18. The molecule has 2 rings (SSSR count). The summed E-state index contributed by atoms with van der Waals surface area (Å²) in [6, 6.07) is 0.733. The average molecular weight is 248 g/mol. The molecule has 3 heteroatoms. The zero-order valence-corrected chi connectivity index (χ0v) is 9.63. The number of halogens is 1. The molecule has 0 radical (unpaired) electrons. The second-order valence-electron chi connectivity index (χ2n) is 4.15. The van der Waals surface area contributed by atoms with E-state index >= 15 is 0 Å². The van der Waals surface area contributed by atoms with Crippen LogP contribution in [-0.4, -0.2) is 42.6 Å². The van der Waals surface area contributed by atoms with Gasteiger partial charge >= 0.3 is 0 Å². The zero-order valence-electron chi connectivity index (χ0n) is 8.04. The minimum Gasteiger partial charge on any atom is -0.380 e. The second kappa shape index (κ2) is 4.76. The highest BCUT2D eigenvalue weighted by molar-refractivity contribution is 9.09. The monoisotopic (exact) mass is 247 g/mol. The lowest BCUT2D eigenvalue weighted by Gasteiger charge is -2.34. The molecule has 0 N–H and O–H groups in total. The predicted molar refractivity (Wildman–Crippen MR) is 57.3 cm³/mol. The smallest absolute Gasteiger partial charge is 0.0622 e. The molecule has 1 unspecified atom stereocenters. The molecule has 0 aromatic heterocycles. The topological polar surface area (TPSA) is 12.5 Å². The molecule has 0 amide bonds. The summed E-state index contributed by atoms with van der Waals surface area (Å²) in [5.74, 6) is 0.915. The Kier molecular flexibility index (Phi) is 3.64. The van der Waals surface area contributed by atoms with Crippen molar-refractivity contribution in [1.29, 1.82) is 0 Å². The minimum absolute atomic E-state index is 0.733. The fourth-order valence-corrected chi connectivity index (χ4v) is 2.93. The van der Waals surface area contributed by atoms with Gasteiger partial charge in [0.05, 0.1) is 6.61 Å². The van der Waals surface area contributed by atoms with Gasteiger partial charge in [-0.15, -0.1) is 0 Å². The van der Waals surface area contributed by atoms with E-state index in [1.54, 1.807) is 0 Å². The molecular formula is C10H18BrNO. The van der Waals surface area contributed by atoms with E-state index in [0.29, 0.717) is 0 Å². The number of alkyl halides is 1. The summed E-state index contributed by atoms with van der Waals surface area (Å²) >= 11 is 3.57. The van der Waals surface area contributed by atoms with Crippen LogP contribution in [0, 0.1) is 5.92 Å². The van der Waals surface area contributed by atoms with Crippen LogP contribution in [0.3, 0.4) is 0 Å². The predicted octanol–water partition coefficient (Wildman–Crippen LogP) is 1.88. The lowest BCUT2D eigenvalue weighted by molar-refractivity contribution is 0.114. The summed E-state index contributed by atoms with van der Waals surface area (Å²) < 4.78 is 5.41. The third-order valence-corrected chi connectivity index (χ3v) is 4.21. The highest BCUT2D eigenvalue weighted by Gasteiger charge is 2.26. The van der Waals surface area contributed by atoms with Gasteiger partial charge in [0, 0.05) is 18.0 Å². The molecule has 0 aliphatic carbocycles. The summed E-state index contributed by atoms with van der Waals surface area (Å²) in [5.41, 5.74) is 0. The third kappa shape index (κ3) is 2.45. The van der Waals surface area contributed by atoms with Crippen LogP contribution in [-0.2, 0) is 4.74 Å². The van der Waals surface area contributed by atoms with Crippen molar-refractivity contribution in [3.05, 3.63) is 0 Å². The lowest BCUT2D eigenvalue weighted by Crippen LogP contribution is -2.41. The molecule has 0 aromatic carbocycles. The highest BCUT2D eigenvalue weighted by atomic mass is 79.9. The number of ether oxygens (including phenoxy) is 1. The molecule has 2 aliphatic rings. The maximum absolute atomic E-state index is 5.41. The van der Waals surface area contributed by atoms with Gasteiger partial charge in [0.2, 0.25) is 0 Å². The number of hydrogen-bond acceptors (Lipinski definition) is 2. The quantitative estimate of drug-likeness (QED) is 0.692. The van der Waals surface area contributed by atoms with Gasteiger partial charge in [0.1, 0.15) is 0 Å². The number of nitrogens with zero attached hydrogens (tertiary/aromatic N) is 1. The maximum atomic E-state index is 5.41. The van der Waals surface area contributed by atoms with E-state index in [4.69, 9.17) is 4.74 Å². The standard InChI is InChI=1S/C10H18BrNO/c11-7-9-1-4-12(5-2-9)10-3-6-13-8-10/h9-10H,1-8H2. The first-order valence-electron chi connectivity index (χ1n) is 5.28. The average Bonchev–Trinajstić information content (AvgIpc) is 2.71. The van der Waals surface area contributed by atoms with E-state index < -0.39 is 0 Å². The van der Waals surface area contributed by atoms with Crippen molar-refractivity contribution in [2.75, 3.05) is 31.6 Å². The minimum atomic E-state index is 0.733. The first-order chi connectivity index (χ1) is 6.40. The van der Waals surface area contributed by atoms with Gasteiger partial charge < -0.3 is 4.74 Å². The van der Waals surface area contributed by atoms with Crippen LogP contribution in [0.25, 0.3) is 0 Å². The summed E-state index contributed by atoms with van der Waals surface area (Å²) in [4.78, 5) is 2.62. The van der Waals surface area contributed by atoms with Crippen molar-refractivity contribution < 1.29 is 4.74 Å². The molecule has 76 valence electrons. The van der Waals surface area contributed by atoms with Gasteiger partial charge in [0.15, 0.2) is 0 Å². The molecule has 2 aliphatic heterocycles. The fourth-order valence-electron chi connectivity index (χ4n) is 2.28. The molecule has 2 heterocycles. The Bertz CT molecular complexity index is 151. The van der Waals surface area contributed by atoms with Crippen LogP contribution in [0.2, 0.25) is 0 Å². The van der Waals surface area contributed by atoms with Crippen LogP contribution in [0.1, 0.15) is 19.3 Å². The van der Waals surface area contributed by atoms with Crippen LogP contribution >= 0.6 is 15.9 Å². The van der Waals surface area contributed by atoms with Crippen LogP contribution in [0.4, 0.5) is 0 Å². The molecule has 1 atom stereocenters. The maximum Gasteiger partial charge on any atom is 0.0622 e. The first kappa shape index (κ1) is 9.94. The Balaban J connectivity index is 1.77. The van der Waals surface area contributed by atoms with Gasteiger partial charge in [0.25, 0.3) is 0 Å². The number of hydrogen-bond donors (Lipinski definition) is 0. The Morgan fingerprint density at radius 1 is 1.23 bits per heavy atom. The van der Waals surface area contributed by atoms with Crippen molar-refractivity contribution in [2.24, 2.45) is 5.92 Å². The summed E-state index contributed by atoms with van der Waals surface area (Å²) in [7, 11) is 0. The van der Waals surface area contributed by atoms with Gasteiger partial charge in [-0.05, 0) is 38.3 Å². The van der Waals surface area contributed by atoms with E-state index in [-0.39, 0.29) is 0 Å². The Labute approximate surface area is 88.8 Å². The van der Waals surface area contributed by atoms with Crippen molar-refractivity contribution in [3.8, 4) is 0 Å².